The van der Waals surface area contributed by atoms with Gasteiger partial charge < -0.3 is 10.1 Å². The first-order valence-corrected chi connectivity index (χ1v) is 9.81. The molecule has 3 rings (SSSR count). The highest BCUT2D eigenvalue weighted by Crippen LogP contribution is 2.20. The van der Waals surface area contributed by atoms with E-state index in [-0.39, 0.29) is 12.0 Å². The van der Waals surface area contributed by atoms with Crippen molar-refractivity contribution >= 4 is 29.1 Å². The number of fused-ring (bicyclic) bond motifs is 1. The van der Waals surface area contributed by atoms with Crippen molar-refractivity contribution in [3.8, 4) is 0 Å². The number of thioether (sulfide) groups is 1. The van der Waals surface area contributed by atoms with Gasteiger partial charge in [-0.3, -0.25) is 19.2 Å². The van der Waals surface area contributed by atoms with E-state index < -0.39 is 0 Å². The predicted molar refractivity (Wildman–Crippen MR) is 108 cm³/mol. The number of hydrogen-bond acceptors (Lipinski definition) is 5. The average Bonchev–Trinajstić information content (AvgIpc) is 3.19. The molecule has 0 fully saturated rings. The third kappa shape index (κ3) is 5.97. The fourth-order valence-electron chi connectivity index (χ4n) is 2.74. The summed E-state index contributed by atoms with van der Waals surface area (Å²) in [5.41, 5.74) is 1.70. The molecule has 0 saturated heterocycles. The minimum absolute atomic E-state index is 0.00158. The highest BCUT2D eigenvalue weighted by molar-refractivity contribution is 7.98. The first-order valence-electron chi connectivity index (χ1n) is 8.58. The van der Waals surface area contributed by atoms with Gasteiger partial charge in [-0.1, -0.05) is 13.0 Å². The van der Waals surface area contributed by atoms with E-state index in [0.717, 1.165) is 41.0 Å². The predicted octanol–water partition coefficient (Wildman–Crippen LogP) is 2.67. The van der Waals surface area contributed by atoms with E-state index in [9.17, 15) is 4.79 Å². The molecule has 0 unspecified atom stereocenters. The van der Waals surface area contributed by atoms with Crippen LogP contribution in [0.2, 0.25) is 0 Å². The minimum atomic E-state index is -0.250. The fraction of sp³-hybridized carbons (Fsp3) is 0.316. The van der Waals surface area contributed by atoms with Crippen molar-refractivity contribution in [2.45, 2.75) is 24.9 Å². The average molecular weight is 388 g/mol. The van der Waals surface area contributed by atoms with E-state index in [1.807, 2.05) is 35.3 Å². The minimum Gasteiger partial charge on any atom is -0.483 e. The summed E-state index contributed by atoms with van der Waals surface area (Å²) < 4.78 is 1.91. The molecule has 144 valence electrons. The standard InChI is InChI=1S/C18H22N4OS.CH2O2/c1-3-21(9-10-22-8-4-7-19-22)13-15-11-14-5-6-16(24-2)12-17(14)20-18(15)23;2-1-3/h4-8,11-12H,3,9-10,13H2,1-2H3,(H,20,23);1H,(H,2,3). The smallest absolute Gasteiger partial charge is 0.290 e. The van der Waals surface area contributed by atoms with E-state index in [4.69, 9.17) is 9.90 Å². The summed E-state index contributed by atoms with van der Waals surface area (Å²) >= 11 is 1.67. The molecule has 0 bridgehead atoms. The maximum absolute atomic E-state index is 12.4. The summed E-state index contributed by atoms with van der Waals surface area (Å²) in [6, 6.07) is 10.1. The molecule has 2 heterocycles. The van der Waals surface area contributed by atoms with Crippen LogP contribution in [0, 0.1) is 0 Å². The first kappa shape index (κ1) is 20.7. The number of hydrogen-bond donors (Lipinski definition) is 2. The number of H-pyrrole nitrogens is 1. The van der Waals surface area contributed by atoms with Gasteiger partial charge in [0.1, 0.15) is 0 Å². The van der Waals surface area contributed by atoms with Crippen LogP contribution in [0.4, 0.5) is 0 Å². The molecule has 0 aliphatic heterocycles. The van der Waals surface area contributed by atoms with E-state index in [0.29, 0.717) is 6.54 Å². The Bertz CT molecular complexity index is 909. The van der Waals surface area contributed by atoms with E-state index >= 15 is 0 Å². The Hall–Kier alpha value is -2.58. The third-order valence-electron chi connectivity index (χ3n) is 4.18. The molecule has 2 aromatic heterocycles. The Kier molecular flexibility index (Phi) is 8.09. The lowest BCUT2D eigenvalue weighted by Gasteiger charge is -2.20. The normalized spacial score (nSPS) is 10.6. The maximum Gasteiger partial charge on any atom is 0.290 e. The number of pyridine rings is 1. The van der Waals surface area contributed by atoms with Gasteiger partial charge in [0.25, 0.3) is 12.0 Å². The molecule has 27 heavy (non-hydrogen) atoms. The fourth-order valence-corrected chi connectivity index (χ4v) is 3.18. The molecule has 2 N–H and O–H groups in total. The van der Waals surface area contributed by atoms with Gasteiger partial charge in [-0.15, -0.1) is 11.8 Å². The summed E-state index contributed by atoms with van der Waals surface area (Å²) in [7, 11) is 0. The monoisotopic (exact) mass is 388 g/mol. The maximum atomic E-state index is 12.4. The van der Waals surface area contributed by atoms with Crippen LogP contribution in [0.3, 0.4) is 0 Å². The molecule has 8 heteroatoms. The highest BCUT2D eigenvalue weighted by atomic mass is 32.2. The molecule has 3 aromatic rings. The second kappa shape index (κ2) is 10.5. The number of benzene rings is 1. The van der Waals surface area contributed by atoms with Gasteiger partial charge in [-0.25, -0.2) is 0 Å². The largest absolute Gasteiger partial charge is 0.483 e. The Labute approximate surface area is 162 Å². The molecule has 0 amide bonds. The van der Waals surface area contributed by atoms with E-state index in [2.05, 4.69) is 34.0 Å². The molecule has 0 aliphatic rings. The number of nitrogens with zero attached hydrogens (tertiary/aromatic N) is 3. The van der Waals surface area contributed by atoms with Gasteiger partial charge >= 0.3 is 0 Å². The van der Waals surface area contributed by atoms with E-state index in [1.165, 1.54) is 0 Å². The Balaban J connectivity index is 0.000000817. The van der Waals surface area contributed by atoms with Gasteiger partial charge in [0.05, 0.1) is 6.54 Å². The zero-order chi connectivity index (χ0) is 19.6. The summed E-state index contributed by atoms with van der Waals surface area (Å²) in [5, 5.41) is 12.2. The lowest BCUT2D eigenvalue weighted by Crippen LogP contribution is -2.30. The number of rotatable bonds is 7. The Morgan fingerprint density at radius 3 is 2.78 bits per heavy atom. The molecule has 0 atom stereocenters. The molecule has 0 spiro atoms. The molecule has 0 aliphatic carbocycles. The van der Waals surface area contributed by atoms with Gasteiger partial charge in [0.15, 0.2) is 0 Å². The number of likely N-dealkylation sites (N-methyl/N-ethyl adjacent to an activating group) is 1. The zero-order valence-electron chi connectivity index (χ0n) is 15.5. The Morgan fingerprint density at radius 1 is 1.37 bits per heavy atom. The SMILES string of the molecule is CCN(CCn1cccn1)Cc1cc2ccc(SC)cc2[nH]c1=O.O=CO. The van der Waals surface area contributed by atoms with Crippen molar-refractivity contribution in [1.29, 1.82) is 0 Å². The number of carboxylic acid groups (broad SMARTS) is 1. The summed E-state index contributed by atoms with van der Waals surface area (Å²) in [6.07, 6.45) is 5.78. The summed E-state index contributed by atoms with van der Waals surface area (Å²) in [5.74, 6) is 0. The van der Waals surface area contributed by atoms with Crippen LogP contribution in [0.1, 0.15) is 12.5 Å². The molecular formula is C19H24N4O3S. The van der Waals surface area contributed by atoms with Crippen LogP contribution in [0.5, 0.6) is 0 Å². The van der Waals surface area contributed by atoms with Crippen LogP contribution >= 0.6 is 11.8 Å². The molecule has 7 nitrogen and oxygen atoms in total. The van der Waals surface area contributed by atoms with Gasteiger partial charge in [-0.05, 0) is 42.5 Å². The zero-order valence-corrected chi connectivity index (χ0v) is 16.3. The second-order valence-electron chi connectivity index (χ2n) is 5.82. The van der Waals surface area contributed by atoms with Gasteiger partial charge in [0.2, 0.25) is 0 Å². The van der Waals surface area contributed by atoms with Gasteiger partial charge in [-0.2, -0.15) is 5.10 Å². The lowest BCUT2D eigenvalue weighted by atomic mass is 10.1. The summed E-state index contributed by atoms with van der Waals surface area (Å²) in [6.45, 7) is 5.09. The van der Waals surface area contributed by atoms with Crippen molar-refractivity contribution in [1.82, 2.24) is 19.7 Å². The third-order valence-corrected chi connectivity index (χ3v) is 4.90. The molecule has 1 aromatic carbocycles. The van der Waals surface area contributed by atoms with Gasteiger partial charge in [0, 0.05) is 41.5 Å². The highest BCUT2D eigenvalue weighted by Gasteiger charge is 2.09. The molecule has 0 radical (unpaired) electrons. The Morgan fingerprint density at radius 2 is 2.15 bits per heavy atom. The summed E-state index contributed by atoms with van der Waals surface area (Å²) in [4.78, 5) is 27.2. The van der Waals surface area contributed by atoms with Crippen molar-refractivity contribution in [2.24, 2.45) is 0 Å². The van der Waals surface area contributed by atoms with Crippen LogP contribution < -0.4 is 5.56 Å². The quantitative estimate of drug-likeness (QED) is 0.478. The van der Waals surface area contributed by atoms with Crippen LogP contribution in [-0.2, 0) is 17.9 Å². The van der Waals surface area contributed by atoms with E-state index in [1.54, 1.807) is 18.0 Å². The molecule has 0 saturated carbocycles. The van der Waals surface area contributed by atoms with Crippen LogP contribution in [0.25, 0.3) is 10.9 Å². The first-order chi connectivity index (χ1) is 13.1. The topological polar surface area (TPSA) is 91.2 Å². The van der Waals surface area contributed by atoms with Crippen molar-refractivity contribution in [3.05, 3.63) is 58.6 Å². The lowest BCUT2D eigenvalue weighted by molar-refractivity contribution is -0.122. The number of aromatic amines is 1. The van der Waals surface area contributed by atoms with Crippen molar-refractivity contribution in [3.63, 3.8) is 0 Å². The molecular weight excluding hydrogens is 364 g/mol. The van der Waals surface area contributed by atoms with Crippen LogP contribution in [0.15, 0.2) is 52.4 Å². The van der Waals surface area contributed by atoms with Crippen LogP contribution in [-0.4, -0.2) is 50.6 Å². The second-order valence-corrected chi connectivity index (χ2v) is 6.70. The number of carbonyl (C=O) groups is 1. The van der Waals surface area contributed by atoms with Crippen molar-refractivity contribution in [2.75, 3.05) is 19.3 Å². The number of nitrogens with one attached hydrogen (secondary N) is 1. The van der Waals surface area contributed by atoms with Crippen molar-refractivity contribution < 1.29 is 9.90 Å². The number of aromatic nitrogens is 3.